The summed E-state index contributed by atoms with van der Waals surface area (Å²) >= 11 is 5.72. The monoisotopic (exact) mass is 306 g/mol. The summed E-state index contributed by atoms with van der Waals surface area (Å²) in [7, 11) is 1.42. The number of rotatable bonds is 4. The predicted octanol–water partition coefficient (Wildman–Crippen LogP) is 2.69. The summed E-state index contributed by atoms with van der Waals surface area (Å²) in [5, 5.41) is 11.7. The number of pyridine rings is 1. The van der Waals surface area contributed by atoms with Crippen LogP contribution in [0.3, 0.4) is 0 Å². The molecule has 0 aliphatic carbocycles. The van der Waals surface area contributed by atoms with E-state index in [9.17, 15) is 9.59 Å². The molecule has 1 amide bonds. The molecular weight excluding hydrogens is 296 g/mol. The second-order valence-corrected chi connectivity index (χ2v) is 4.41. The van der Waals surface area contributed by atoms with Crippen molar-refractivity contribution in [3.05, 3.63) is 52.8 Å². The number of nitrogens with one attached hydrogen (secondary N) is 1. The average molecular weight is 307 g/mol. The quantitative estimate of drug-likeness (QED) is 0.848. The molecule has 0 atom stereocenters. The number of methoxy groups -OCH3 is 1. The molecule has 2 rings (SSSR count). The Morgan fingerprint density at radius 2 is 2.05 bits per heavy atom. The highest BCUT2D eigenvalue weighted by Crippen LogP contribution is 2.26. The first-order valence-corrected chi connectivity index (χ1v) is 6.24. The lowest BCUT2D eigenvalue weighted by Gasteiger charge is -2.10. The zero-order chi connectivity index (χ0) is 15.4. The Bertz CT molecular complexity index is 703. The van der Waals surface area contributed by atoms with E-state index in [1.165, 1.54) is 31.4 Å². The highest BCUT2D eigenvalue weighted by atomic mass is 35.5. The Kier molecular flexibility index (Phi) is 4.39. The summed E-state index contributed by atoms with van der Waals surface area (Å²) in [6, 6.07) is 8.79. The summed E-state index contributed by atoms with van der Waals surface area (Å²) in [4.78, 5) is 26.9. The fourth-order valence-electron chi connectivity index (χ4n) is 1.66. The van der Waals surface area contributed by atoms with Gasteiger partial charge in [0.05, 0.1) is 18.4 Å². The summed E-state index contributed by atoms with van der Waals surface area (Å²) in [6.07, 6.45) is 0. The normalized spacial score (nSPS) is 10.0. The van der Waals surface area contributed by atoms with E-state index in [0.717, 1.165) is 0 Å². The molecule has 0 unspecified atom stereocenters. The Balaban J connectivity index is 2.31. The van der Waals surface area contributed by atoms with Gasteiger partial charge in [-0.05, 0) is 30.3 Å². The molecule has 0 saturated heterocycles. The van der Waals surface area contributed by atoms with Gasteiger partial charge in [-0.25, -0.2) is 9.78 Å². The van der Waals surface area contributed by atoms with Crippen LogP contribution in [0.5, 0.6) is 5.75 Å². The second-order valence-electron chi connectivity index (χ2n) is 4.02. The zero-order valence-corrected chi connectivity index (χ0v) is 11.7. The second kappa shape index (κ2) is 6.23. The zero-order valence-electron chi connectivity index (χ0n) is 11.0. The number of carbonyl (C=O) groups is 2. The molecule has 1 aromatic carbocycles. The summed E-state index contributed by atoms with van der Waals surface area (Å²) in [6.45, 7) is 0. The van der Waals surface area contributed by atoms with Crippen molar-refractivity contribution in [3.8, 4) is 5.75 Å². The summed E-state index contributed by atoms with van der Waals surface area (Å²) in [5.74, 6) is -1.28. The van der Waals surface area contributed by atoms with Gasteiger partial charge in [0, 0.05) is 0 Å². The first-order valence-electron chi connectivity index (χ1n) is 5.86. The minimum Gasteiger partial charge on any atom is -0.495 e. The summed E-state index contributed by atoms with van der Waals surface area (Å²) < 4.78 is 5.09. The van der Waals surface area contributed by atoms with Gasteiger partial charge in [0.2, 0.25) is 0 Å². The van der Waals surface area contributed by atoms with Crippen LogP contribution >= 0.6 is 11.6 Å². The van der Waals surface area contributed by atoms with E-state index in [-0.39, 0.29) is 22.1 Å². The van der Waals surface area contributed by atoms with Gasteiger partial charge in [-0.2, -0.15) is 0 Å². The number of nitrogens with zero attached hydrogens (tertiary/aromatic N) is 1. The number of hydrogen-bond donors (Lipinski definition) is 2. The van der Waals surface area contributed by atoms with Crippen LogP contribution in [0.2, 0.25) is 5.15 Å². The molecule has 108 valence electrons. The van der Waals surface area contributed by atoms with Gasteiger partial charge in [-0.15, -0.1) is 0 Å². The van der Waals surface area contributed by atoms with Crippen molar-refractivity contribution >= 4 is 29.2 Å². The minimum absolute atomic E-state index is 0.0325. The molecule has 1 heterocycles. The first-order chi connectivity index (χ1) is 10.0. The molecule has 2 aromatic rings. The Labute approximate surface area is 125 Å². The van der Waals surface area contributed by atoms with Crippen molar-refractivity contribution in [2.45, 2.75) is 0 Å². The van der Waals surface area contributed by atoms with Gasteiger partial charge in [0.1, 0.15) is 16.6 Å². The van der Waals surface area contributed by atoms with Crippen molar-refractivity contribution in [2.75, 3.05) is 12.4 Å². The van der Waals surface area contributed by atoms with E-state index in [4.69, 9.17) is 21.4 Å². The largest absolute Gasteiger partial charge is 0.495 e. The number of halogens is 1. The smallest absolute Gasteiger partial charge is 0.335 e. The minimum atomic E-state index is -1.10. The lowest BCUT2D eigenvalue weighted by molar-refractivity contribution is 0.0696. The molecule has 0 spiro atoms. The number of aromatic carboxylic acids is 1. The molecule has 21 heavy (non-hydrogen) atoms. The standard InChI is InChI=1S/C14H11ClN2O4/c1-21-11-6-5-8(14(19)20)7-10(11)17-13(18)9-3-2-4-12(15)16-9/h2-7H,1H3,(H,17,18)(H,19,20). The maximum atomic E-state index is 12.1. The number of aromatic nitrogens is 1. The molecule has 0 aliphatic rings. The highest BCUT2D eigenvalue weighted by molar-refractivity contribution is 6.29. The molecule has 1 aromatic heterocycles. The number of carboxylic acids is 1. The summed E-state index contributed by atoms with van der Waals surface area (Å²) in [5.41, 5.74) is 0.389. The van der Waals surface area contributed by atoms with Crippen LogP contribution in [-0.2, 0) is 0 Å². The van der Waals surface area contributed by atoms with E-state index in [1.807, 2.05) is 0 Å². The number of amides is 1. The van der Waals surface area contributed by atoms with Crippen LogP contribution in [0, 0.1) is 0 Å². The third-order valence-corrected chi connectivity index (χ3v) is 2.85. The number of benzene rings is 1. The van der Waals surface area contributed by atoms with Crippen LogP contribution in [0.4, 0.5) is 5.69 Å². The van der Waals surface area contributed by atoms with E-state index < -0.39 is 11.9 Å². The van der Waals surface area contributed by atoms with Gasteiger partial charge in [0.15, 0.2) is 0 Å². The molecule has 0 saturated carbocycles. The van der Waals surface area contributed by atoms with Crippen molar-refractivity contribution in [3.63, 3.8) is 0 Å². The first kappa shape index (κ1) is 14.8. The van der Waals surface area contributed by atoms with Crippen molar-refractivity contribution in [1.82, 2.24) is 4.98 Å². The van der Waals surface area contributed by atoms with Crippen molar-refractivity contribution in [1.29, 1.82) is 0 Å². The van der Waals surface area contributed by atoms with Crippen LogP contribution in [0.15, 0.2) is 36.4 Å². The van der Waals surface area contributed by atoms with Crippen LogP contribution in [0.25, 0.3) is 0 Å². The van der Waals surface area contributed by atoms with Crippen LogP contribution in [0.1, 0.15) is 20.8 Å². The maximum absolute atomic E-state index is 12.1. The predicted molar refractivity (Wildman–Crippen MR) is 77.2 cm³/mol. The lowest BCUT2D eigenvalue weighted by Crippen LogP contribution is -2.14. The fourth-order valence-corrected chi connectivity index (χ4v) is 1.82. The van der Waals surface area contributed by atoms with E-state index in [2.05, 4.69) is 10.3 Å². The molecule has 0 radical (unpaired) electrons. The van der Waals surface area contributed by atoms with Crippen molar-refractivity contribution < 1.29 is 19.4 Å². The molecule has 0 fully saturated rings. The number of hydrogen-bond acceptors (Lipinski definition) is 4. The topological polar surface area (TPSA) is 88.5 Å². The Morgan fingerprint density at radius 1 is 1.29 bits per heavy atom. The highest BCUT2D eigenvalue weighted by Gasteiger charge is 2.14. The average Bonchev–Trinajstić information content (AvgIpc) is 2.47. The van der Waals surface area contributed by atoms with Gasteiger partial charge >= 0.3 is 5.97 Å². The maximum Gasteiger partial charge on any atom is 0.335 e. The van der Waals surface area contributed by atoms with E-state index in [1.54, 1.807) is 12.1 Å². The molecule has 0 aliphatic heterocycles. The SMILES string of the molecule is COc1ccc(C(=O)O)cc1NC(=O)c1cccc(Cl)n1. The van der Waals surface area contributed by atoms with Crippen molar-refractivity contribution in [2.24, 2.45) is 0 Å². The lowest BCUT2D eigenvalue weighted by atomic mass is 10.2. The van der Waals surface area contributed by atoms with Crippen LogP contribution < -0.4 is 10.1 Å². The molecular formula is C14H11ClN2O4. The fraction of sp³-hybridized carbons (Fsp3) is 0.0714. The third-order valence-electron chi connectivity index (χ3n) is 2.64. The Morgan fingerprint density at radius 3 is 2.67 bits per heavy atom. The van der Waals surface area contributed by atoms with Gasteiger partial charge in [-0.1, -0.05) is 17.7 Å². The molecule has 2 N–H and O–H groups in total. The number of carboxylic acid groups (broad SMARTS) is 1. The third kappa shape index (κ3) is 3.49. The van der Waals surface area contributed by atoms with E-state index >= 15 is 0 Å². The van der Waals surface area contributed by atoms with Gasteiger partial charge in [0.25, 0.3) is 5.91 Å². The number of anilines is 1. The number of carbonyl (C=O) groups excluding carboxylic acids is 1. The number of ether oxygens (including phenoxy) is 1. The molecule has 0 bridgehead atoms. The Hall–Kier alpha value is -2.60. The van der Waals surface area contributed by atoms with E-state index in [0.29, 0.717) is 5.75 Å². The van der Waals surface area contributed by atoms with Gasteiger partial charge < -0.3 is 15.2 Å². The molecule has 7 heteroatoms. The van der Waals surface area contributed by atoms with Crippen LogP contribution in [-0.4, -0.2) is 29.1 Å². The van der Waals surface area contributed by atoms with Gasteiger partial charge in [-0.3, -0.25) is 4.79 Å². The molecule has 6 nitrogen and oxygen atoms in total.